The van der Waals surface area contributed by atoms with Crippen LogP contribution in [-0.4, -0.2) is 14.7 Å². The molecular formula is C14H14Br2N2O2. The lowest BCUT2D eigenvalue weighted by Crippen LogP contribution is -2.11. The molecule has 1 heterocycles. The van der Waals surface area contributed by atoms with Crippen LogP contribution in [0.25, 0.3) is 10.9 Å². The summed E-state index contributed by atoms with van der Waals surface area (Å²) in [7, 11) is 0. The minimum Gasteiger partial charge on any atom is -0.258 e. The Morgan fingerprint density at radius 1 is 1.45 bits per heavy atom. The molecule has 0 saturated heterocycles. The lowest BCUT2D eigenvalue weighted by atomic mass is 9.92. The molecule has 0 fully saturated rings. The fourth-order valence-electron chi connectivity index (χ4n) is 2.33. The normalized spacial score (nSPS) is 14.2. The monoisotopic (exact) mass is 400 g/mol. The van der Waals surface area contributed by atoms with Crippen molar-refractivity contribution in [1.82, 2.24) is 4.98 Å². The van der Waals surface area contributed by atoms with E-state index in [1.807, 2.05) is 25.1 Å². The zero-order chi connectivity index (χ0) is 14.9. The maximum Gasteiger partial charge on any atom is 0.291 e. The van der Waals surface area contributed by atoms with E-state index >= 15 is 0 Å². The summed E-state index contributed by atoms with van der Waals surface area (Å²) in [6.45, 7) is 4.06. The van der Waals surface area contributed by atoms with Crippen molar-refractivity contribution in [2.24, 2.45) is 0 Å². The van der Waals surface area contributed by atoms with Gasteiger partial charge in [0.15, 0.2) is 0 Å². The van der Waals surface area contributed by atoms with E-state index in [4.69, 9.17) is 0 Å². The number of benzene rings is 1. The van der Waals surface area contributed by atoms with Crippen molar-refractivity contribution in [3.05, 3.63) is 44.5 Å². The second kappa shape index (κ2) is 6.18. The molecule has 0 N–H and O–H groups in total. The highest BCUT2D eigenvalue weighted by Crippen LogP contribution is 2.38. The Morgan fingerprint density at radius 2 is 2.15 bits per heavy atom. The van der Waals surface area contributed by atoms with Crippen molar-refractivity contribution in [3.63, 3.8) is 0 Å². The van der Waals surface area contributed by atoms with Crippen molar-refractivity contribution in [3.8, 4) is 0 Å². The number of nitrogens with zero attached hydrogens (tertiary/aromatic N) is 2. The Bertz CT molecular complexity index is 661. The minimum absolute atomic E-state index is 0.0280. The van der Waals surface area contributed by atoms with Crippen molar-refractivity contribution in [2.45, 2.75) is 31.0 Å². The molecule has 4 nitrogen and oxygen atoms in total. The van der Waals surface area contributed by atoms with E-state index < -0.39 is 0 Å². The van der Waals surface area contributed by atoms with Crippen LogP contribution < -0.4 is 0 Å². The molecule has 0 aliphatic carbocycles. The second-order valence-electron chi connectivity index (χ2n) is 4.69. The number of pyridine rings is 1. The maximum absolute atomic E-state index is 11.3. The highest BCUT2D eigenvalue weighted by molar-refractivity contribution is 9.10. The van der Waals surface area contributed by atoms with Gasteiger partial charge in [0.1, 0.15) is 6.20 Å². The summed E-state index contributed by atoms with van der Waals surface area (Å²) in [6.07, 6.45) is 2.26. The fourth-order valence-corrected chi connectivity index (χ4v) is 2.96. The molecule has 1 aromatic heterocycles. The number of hydrogen-bond acceptors (Lipinski definition) is 3. The number of hydrogen-bond donors (Lipinski definition) is 0. The molecule has 0 bridgehead atoms. The fraction of sp³-hybridized carbons (Fsp3) is 0.357. The second-order valence-corrected chi connectivity index (χ2v) is 6.78. The predicted octanol–water partition coefficient (Wildman–Crippen LogP) is 5.18. The third kappa shape index (κ3) is 2.86. The van der Waals surface area contributed by atoms with Crippen molar-refractivity contribution >= 4 is 48.5 Å². The lowest BCUT2D eigenvalue weighted by molar-refractivity contribution is -0.385. The van der Waals surface area contributed by atoms with Crippen LogP contribution in [0.4, 0.5) is 5.69 Å². The quantitative estimate of drug-likeness (QED) is 0.402. The average molecular weight is 402 g/mol. The Balaban J connectivity index is 2.77. The molecule has 20 heavy (non-hydrogen) atoms. The standard InChI is InChI=1S/C14H14Br2N2O2/c1-3-11(16)8(2)14-10-6-9(15)4-5-12(10)17-7-13(14)18(19)20/h4-8,11H,3H2,1-2H3. The van der Waals surface area contributed by atoms with Crippen LogP contribution in [0.1, 0.15) is 31.7 Å². The van der Waals surface area contributed by atoms with Gasteiger partial charge in [-0.05, 0) is 24.6 Å². The smallest absolute Gasteiger partial charge is 0.258 e. The highest BCUT2D eigenvalue weighted by Gasteiger charge is 2.26. The van der Waals surface area contributed by atoms with Gasteiger partial charge in [-0.2, -0.15) is 0 Å². The maximum atomic E-state index is 11.3. The first kappa shape index (κ1) is 15.4. The molecular weight excluding hydrogens is 388 g/mol. The first-order chi connectivity index (χ1) is 9.45. The van der Waals surface area contributed by atoms with Crippen LogP contribution in [0.3, 0.4) is 0 Å². The van der Waals surface area contributed by atoms with E-state index in [0.717, 1.165) is 27.4 Å². The van der Waals surface area contributed by atoms with Crippen LogP contribution in [0.2, 0.25) is 0 Å². The average Bonchev–Trinajstić information content (AvgIpc) is 2.44. The van der Waals surface area contributed by atoms with Crippen LogP contribution in [0.5, 0.6) is 0 Å². The van der Waals surface area contributed by atoms with Gasteiger partial charge in [0, 0.05) is 26.2 Å². The highest BCUT2D eigenvalue weighted by atomic mass is 79.9. The molecule has 2 unspecified atom stereocenters. The zero-order valence-electron chi connectivity index (χ0n) is 11.1. The van der Waals surface area contributed by atoms with E-state index in [2.05, 4.69) is 43.8 Å². The first-order valence-electron chi connectivity index (χ1n) is 6.32. The third-order valence-corrected chi connectivity index (χ3v) is 5.37. The van der Waals surface area contributed by atoms with Crippen molar-refractivity contribution in [1.29, 1.82) is 0 Å². The Labute approximate surface area is 134 Å². The topological polar surface area (TPSA) is 56.0 Å². The van der Waals surface area contributed by atoms with Gasteiger partial charge in [-0.15, -0.1) is 0 Å². The summed E-state index contributed by atoms with van der Waals surface area (Å²) < 4.78 is 0.892. The molecule has 1 aromatic carbocycles. The summed E-state index contributed by atoms with van der Waals surface area (Å²) >= 11 is 7.03. The molecule has 2 rings (SSSR count). The molecule has 0 saturated carbocycles. The largest absolute Gasteiger partial charge is 0.291 e. The van der Waals surface area contributed by atoms with E-state index in [1.54, 1.807) is 0 Å². The van der Waals surface area contributed by atoms with Gasteiger partial charge in [-0.25, -0.2) is 4.98 Å². The van der Waals surface area contributed by atoms with Crippen LogP contribution >= 0.6 is 31.9 Å². The van der Waals surface area contributed by atoms with Crippen molar-refractivity contribution in [2.75, 3.05) is 0 Å². The number of nitro groups is 1. The van der Waals surface area contributed by atoms with E-state index in [-0.39, 0.29) is 21.4 Å². The number of fused-ring (bicyclic) bond motifs is 1. The molecule has 0 amide bonds. The summed E-state index contributed by atoms with van der Waals surface area (Å²) in [4.78, 5) is 15.3. The van der Waals surface area contributed by atoms with Gasteiger partial charge in [0.05, 0.1) is 10.4 Å². The van der Waals surface area contributed by atoms with Gasteiger partial charge in [0.2, 0.25) is 0 Å². The Hall–Kier alpha value is -1.01. The van der Waals surface area contributed by atoms with E-state index in [1.165, 1.54) is 6.20 Å². The predicted molar refractivity (Wildman–Crippen MR) is 87.5 cm³/mol. The molecule has 0 aliphatic heterocycles. The number of halogens is 2. The summed E-state index contributed by atoms with van der Waals surface area (Å²) in [5.74, 6) is 0.0280. The molecule has 6 heteroatoms. The SMILES string of the molecule is CCC(Br)C(C)c1c([N+](=O)[O-])cnc2ccc(Br)cc12. The zero-order valence-corrected chi connectivity index (χ0v) is 14.3. The van der Waals surface area contributed by atoms with Gasteiger partial charge in [0.25, 0.3) is 5.69 Å². The van der Waals surface area contributed by atoms with Gasteiger partial charge >= 0.3 is 0 Å². The lowest BCUT2D eigenvalue weighted by Gasteiger charge is -2.19. The van der Waals surface area contributed by atoms with Crippen LogP contribution in [-0.2, 0) is 0 Å². The molecule has 0 radical (unpaired) electrons. The van der Waals surface area contributed by atoms with Gasteiger partial charge in [-0.1, -0.05) is 45.7 Å². The number of rotatable bonds is 4. The molecule has 0 spiro atoms. The summed E-state index contributed by atoms with van der Waals surface area (Å²) in [6, 6.07) is 5.66. The van der Waals surface area contributed by atoms with Crippen LogP contribution in [0.15, 0.2) is 28.9 Å². The van der Waals surface area contributed by atoms with Crippen molar-refractivity contribution < 1.29 is 4.92 Å². The van der Waals surface area contributed by atoms with Gasteiger partial charge in [-0.3, -0.25) is 10.1 Å². The third-order valence-electron chi connectivity index (χ3n) is 3.44. The molecule has 0 aliphatic rings. The van der Waals surface area contributed by atoms with E-state index in [0.29, 0.717) is 0 Å². The molecule has 2 atom stereocenters. The Kier molecular flexibility index (Phi) is 4.75. The molecule has 106 valence electrons. The summed E-state index contributed by atoms with van der Waals surface area (Å²) in [5.41, 5.74) is 1.60. The Morgan fingerprint density at radius 3 is 2.75 bits per heavy atom. The van der Waals surface area contributed by atoms with E-state index in [9.17, 15) is 10.1 Å². The minimum atomic E-state index is -0.353. The first-order valence-corrected chi connectivity index (χ1v) is 8.03. The van der Waals surface area contributed by atoms with Gasteiger partial charge < -0.3 is 0 Å². The number of alkyl halides is 1. The number of aromatic nitrogens is 1. The summed E-state index contributed by atoms with van der Waals surface area (Å²) in [5, 5.41) is 12.1. The molecule has 2 aromatic rings. The van der Waals surface area contributed by atoms with Crippen LogP contribution in [0, 0.1) is 10.1 Å².